The van der Waals surface area contributed by atoms with Gasteiger partial charge in [0.05, 0.1) is 15.7 Å². The maximum absolute atomic E-state index is 6.07. The number of nitrogens with zero attached hydrogens (tertiary/aromatic N) is 1. The van der Waals surface area contributed by atoms with Crippen LogP contribution in [0.25, 0.3) is 22.6 Å². The lowest BCUT2D eigenvalue weighted by Gasteiger charge is -2.01. The lowest BCUT2D eigenvalue weighted by Crippen LogP contribution is -1.82. The Morgan fingerprint density at radius 1 is 0.900 bits per heavy atom. The average molecular weight is 303 g/mol. The van der Waals surface area contributed by atoms with Crippen LogP contribution in [0.3, 0.4) is 0 Å². The van der Waals surface area contributed by atoms with Gasteiger partial charge in [0.15, 0.2) is 0 Å². The summed E-state index contributed by atoms with van der Waals surface area (Å²) in [6.45, 7) is 2.00. The fourth-order valence-electron chi connectivity index (χ4n) is 2.12. The summed E-state index contributed by atoms with van der Waals surface area (Å²) in [6.07, 6.45) is 0. The third-order valence-electron chi connectivity index (χ3n) is 3.12. The standard InChI is InChI=1S/C16H12Cl2N2/c1-10-15(12-7-8-13(17)14(18)9-12)20-16(19-10)11-5-3-2-4-6-11/h2-9H,1H3,(H,19,20). The molecule has 100 valence electrons. The summed E-state index contributed by atoms with van der Waals surface area (Å²) in [5, 5.41) is 1.08. The second-order valence-corrected chi connectivity index (χ2v) is 5.37. The van der Waals surface area contributed by atoms with Gasteiger partial charge in [-0.1, -0.05) is 59.6 Å². The predicted octanol–water partition coefficient (Wildman–Crippen LogP) is 5.36. The summed E-state index contributed by atoms with van der Waals surface area (Å²) in [6, 6.07) is 15.6. The third kappa shape index (κ3) is 2.45. The monoisotopic (exact) mass is 302 g/mol. The Labute approximate surface area is 127 Å². The fraction of sp³-hybridized carbons (Fsp3) is 0.0625. The molecule has 0 radical (unpaired) electrons. The molecule has 0 atom stereocenters. The second kappa shape index (κ2) is 5.31. The Morgan fingerprint density at radius 3 is 2.35 bits per heavy atom. The van der Waals surface area contributed by atoms with E-state index in [0.717, 1.165) is 28.3 Å². The first-order valence-electron chi connectivity index (χ1n) is 6.22. The smallest absolute Gasteiger partial charge is 0.138 e. The van der Waals surface area contributed by atoms with E-state index in [1.165, 1.54) is 0 Å². The first-order chi connectivity index (χ1) is 9.65. The van der Waals surface area contributed by atoms with Crippen LogP contribution in [0.2, 0.25) is 10.0 Å². The number of aromatic amines is 1. The zero-order valence-corrected chi connectivity index (χ0v) is 12.3. The first-order valence-corrected chi connectivity index (χ1v) is 6.98. The number of aryl methyl sites for hydroxylation is 1. The highest BCUT2D eigenvalue weighted by molar-refractivity contribution is 6.42. The molecule has 1 N–H and O–H groups in total. The maximum atomic E-state index is 6.07. The van der Waals surface area contributed by atoms with Crippen molar-refractivity contribution in [3.05, 3.63) is 64.3 Å². The van der Waals surface area contributed by atoms with Crippen molar-refractivity contribution in [3.8, 4) is 22.6 Å². The number of aromatic nitrogens is 2. The number of imidazole rings is 1. The van der Waals surface area contributed by atoms with Gasteiger partial charge in [-0.25, -0.2) is 4.98 Å². The first kappa shape index (κ1) is 13.2. The zero-order valence-electron chi connectivity index (χ0n) is 10.8. The highest BCUT2D eigenvalue weighted by Gasteiger charge is 2.11. The van der Waals surface area contributed by atoms with Gasteiger partial charge in [0.25, 0.3) is 0 Å². The normalized spacial score (nSPS) is 10.8. The molecular formula is C16H12Cl2N2. The SMILES string of the molecule is Cc1[nH]c(-c2ccccc2)nc1-c1ccc(Cl)c(Cl)c1. The molecule has 0 saturated carbocycles. The predicted molar refractivity (Wildman–Crippen MR) is 84.2 cm³/mol. The van der Waals surface area contributed by atoms with Crippen LogP contribution in [0.5, 0.6) is 0 Å². The molecule has 3 rings (SSSR count). The van der Waals surface area contributed by atoms with Crippen molar-refractivity contribution in [2.24, 2.45) is 0 Å². The fourth-order valence-corrected chi connectivity index (χ4v) is 2.42. The molecule has 4 heteroatoms. The van der Waals surface area contributed by atoms with Crippen molar-refractivity contribution in [1.82, 2.24) is 9.97 Å². The highest BCUT2D eigenvalue weighted by atomic mass is 35.5. The third-order valence-corrected chi connectivity index (χ3v) is 3.86. The van der Waals surface area contributed by atoms with Crippen LogP contribution in [0.15, 0.2) is 48.5 Å². The van der Waals surface area contributed by atoms with Gasteiger partial charge in [-0.15, -0.1) is 0 Å². The molecule has 0 bridgehead atoms. The van der Waals surface area contributed by atoms with Gasteiger partial charge >= 0.3 is 0 Å². The van der Waals surface area contributed by atoms with Crippen LogP contribution >= 0.6 is 23.2 Å². The molecule has 2 aromatic carbocycles. The summed E-state index contributed by atoms with van der Waals surface area (Å²) in [4.78, 5) is 7.97. The van der Waals surface area contributed by atoms with E-state index in [0.29, 0.717) is 10.0 Å². The minimum Gasteiger partial charge on any atom is -0.342 e. The Bertz CT molecular complexity index is 748. The van der Waals surface area contributed by atoms with Gasteiger partial charge in [-0.2, -0.15) is 0 Å². The molecule has 1 aromatic heterocycles. The lowest BCUT2D eigenvalue weighted by molar-refractivity contribution is 1.26. The van der Waals surface area contributed by atoms with Gasteiger partial charge in [-0.05, 0) is 19.1 Å². The number of hydrogen-bond acceptors (Lipinski definition) is 1. The van der Waals surface area contributed by atoms with E-state index in [1.54, 1.807) is 6.07 Å². The van der Waals surface area contributed by atoms with Crippen molar-refractivity contribution in [3.63, 3.8) is 0 Å². The molecule has 0 aliphatic heterocycles. The second-order valence-electron chi connectivity index (χ2n) is 4.55. The molecule has 0 aliphatic carbocycles. The van der Waals surface area contributed by atoms with Gasteiger partial charge in [-0.3, -0.25) is 0 Å². The highest BCUT2D eigenvalue weighted by Crippen LogP contribution is 2.30. The zero-order chi connectivity index (χ0) is 14.1. The average Bonchev–Trinajstić information content (AvgIpc) is 2.85. The maximum Gasteiger partial charge on any atom is 0.138 e. The van der Waals surface area contributed by atoms with Crippen molar-refractivity contribution >= 4 is 23.2 Å². The van der Waals surface area contributed by atoms with Crippen LogP contribution in [-0.2, 0) is 0 Å². The Balaban J connectivity index is 2.07. The van der Waals surface area contributed by atoms with Crippen LogP contribution < -0.4 is 0 Å². The van der Waals surface area contributed by atoms with Crippen LogP contribution in [-0.4, -0.2) is 9.97 Å². The van der Waals surface area contributed by atoms with Gasteiger partial charge in [0.2, 0.25) is 0 Å². The number of H-pyrrole nitrogens is 1. The van der Waals surface area contributed by atoms with Gasteiger partial charge in [0, 0.05) is 16.8 Å². The summed E-state index contributed by atoms with van der Waals surface area (Å²) >= 11 is 12.0. The van der Waals surface area contributed by atoms with Crippen LogP contribution in [0.1, 0.15) is 5.69 Å². The molecular weight excluding hydrogens is 291 g/mol. The van der Waals surface area contributed by atoms with E-state index < -0.39 is 0 Å². The summed E-state index contributed by atoms with van der Waals surface area (Å²) < 4.78 is 0. The minimum absolute atomic E-state index is 0.535. The minimum atomic E-state index is 0.535. The Kier molecular flexibility index (Phi) is 3.51. The molecule has 0 spiro atoms. The quantitative estimate of drug-likeness (QED) is 0.678. The Morgan fingerprint density at radius 2 is 1.65 bits per heavy atom. The molecule has 20 heavy (non-hydrogen) atoms. The van der Waals surface area contributed by atoms with Gasteiger partial charge in [0.1, 0.15) is 5.82 Å². The number of hydrogen-bond donors (Lipinski definition) is 1. The molecule has 0 amide bonds. The van der Waals surface area contributed by atoms with Crippen molar-refractivity contribution < 1.29 is 0 Å². The summed E-state index contributed by atoms with van der Waals surface area (Å²) in [5.41, 5.74) is 3.90. The van der Waals surface area contributed by atoms with Gasteiger partial charge < -0.3 is 4.98 Å². The molecule has 1 heterocycles. The largest absolute Gasteiger partial charge is 0.342 e. The molecule has 0 aliphatic rings. The number of benzene rings is 2. The van der Waals surface area contributed by atoms with Crippen LogP contribution in [0, 0.1) is 6.92 Å². The van der Waals surface area contributed by atoms with E-state index in [9.17, 15) is 0 Å². The molecule has 2 nitrogen and oxygen atoms in total. The lowest BCUT2D eigenvalue weighted by atomic mass is 10.1. The van der Waals surface area contributed by atoms with E-state index in [1.807, 2.05) is 49.4 Å². The number of rotatable bonds is 2. The summed E-state index contributed by atoms with van der Waals surface area (Å²) in [5.74, 6) is 0.851. The van der Waals surface area contributed by atoms with E-state index in [-0.39, 0.29) is 0 Å². The summed E-state index contributed by atoms with van der Waals surface area (Å²) in [7, 11) is 0. The van der Waals surface area contributed by atoms with E-state index in [4.69, 9.17) is 23.2 Å². The molecule has 3 aromatic rings. The van der Waals surface area contributed by atoms with E-state index in [2.05, 4.69) is 9.97 Å². The molecule has 0 unspecified atom stereocenters. The van der Waals surface area contributed by atoms with Crippen molar-refractivity contribution in [2.45, 2.75) is 6.92 Å². The Hall–Kier alpha value is -1.77. The number of halogens is 2. The van der Waals surface area contributed by atoms with Crippen molar-refractivity contribution in [2.75, 3.05) is 0 Å². The van der Waals surface area contributed by atoms with E-state index >= 15 is 0 Å². The molecule has 0 saturated heterocycles. The van der Waals surface area contributed by atoms with Crippen LogP contribution in [0.4, 0.5) is 0 Å². The molecule has 0 fully saturated rings. The van der Waals surface area contributed by atoms with Crippen molar-refractivity contribution in [1.29, 1.82) is 0 Å². The number of nitrogens with one attached hydrogen (secondary N) is 1. The topological polar surface area (TPSA) is 28.7 Å².